The van der Waals surface area contributed by atoms with Gasteiger partial charge < -0.3 is 14.3 Å². The number of hydrogen-bond donors (Lipinski definition) is 1. The van der Waals surface area contributed by atoms with Crippen molar-refractivity contribution < 1.29 is 19.1 Å². The van der Waals surface area contributed by atoms with Crippen LogP contribution in [0.1, 0.15) is 19.8 Å². The molecule has 112 valence electrons. The highest BCUT2D eigenvalue weighted by Gasteiger charge is 2.10. The van der Waals surface area contributed by atoms with Crippen LogP contribution < -0.4 is 10.4 Å². The molecule has 0 aliphatic heterocycles. The Morgan fingerprint density at radius 2 is 1.91 bits per heavy atom. The molecule has 0 amide bonds. The largest absolute Gasteiger partial charge is 0.508 e. The third-order valence-electron chi connectivity index (χ3n) is 3.35. The van der Waals surface area contributed by atoms with Gasteiger partial charge >= 0.3 is 11.6 Å². The first-order chi connectivity index (χ1) is 10.6. The Morgan fingerprint density at radius 1 is 1.14 bits per heavy atom. The number of fused-ring (bicyclic) bond motifs is 3. The molecule has 3 aromatic rings. The molecule has 0 radical (unpaired) electrons. The van der Waals surface area contributed by atoms with Crippen LogP contribution in [0.4, 0.5) is 0 Å². The monoisotopic (exact) mass is 298 g/mol. The van der Waals surface area contributed by atoms with Crippen molar-refractivity contribution in [2.75, 3.05) is 0 Å². The minimum Gasteiger partial charge on any atom is -0.508 e. The molecular formula is C17H14O5. The maximum Gasteiger partial charge on any atom is 0.344 e. The summed E-state index contributed by atoms with van der Waals surface area (Å²) in [5.74, 6) is 0.0198. The summed E-state index contributed by atoms with van der Waals surface area (Å²) in [6, 6.07) is 9.45. The van der Waals surface area contributed by atoms with Gasteiger partial charge in [-0.15, -0.1) is 0 Å². The zero-order valence-electron chi connectivity index (χ0n) is 12.0. The topological polar surface area (TPSA) is 76.7 Å². The maximum atomic E-state index is 12.0. The Labute approximate surface area is 125 Å². The number of phenolic OH excluding ortho intramolecular Hbond substituents is 1. The highest BCUT2D eigenvalue weighted by molar-refractivity contribution is 6.05. The molecule has 0 spiro atoms. The minimum absolute atomic E-state index is 0.00395. The van der Waals surface area contributed by atoms with Gasteiger partial charge in [0, 0.05) is 23.3 Å². The van der Waals surface area contributed by atoms with E-state index in [2.05, 4.69) is 0 Å². The van der Waals surface area contributed by atoms with E-state index in [1.807, 2.05) is 6.92 Å². The highest BCUT2D eigenvalue weighted by atomic mass is 16.5. The second-order valence-corrected chi connectivity index (χ2v) is 5.00. The lowest BCUT2D eigenvalue weighted by Crippen LogP contribution is -2.07. The van der Waals surface area contributed by atoms with Crippen molar-refractivity contribution in [3.63, 3.8) is 0 Å². The summed E-state index contributed by atoms with van der Waals surface area (Å²) in [6.07, 6.45) is 1.04. The quantitative estimate of drug-likeness (QED) is 0.347. The summed E-state index contributed by atoms with van der Waals surface area (Å²) in [5.41, 5.74) is -0.208. The average Bonchev–Trinajstić information content (AvgIpc) is 2.47. The Bertz CT molecular complexity index is 923. The first-order valence-corrected chi connectivity index (χ1v) is 6.99. The second-order valence-electron chi connectivity index (χ2n) is 5.00. The van der Waals surface area contributed by atoms with Gasteiger partial charge in [-0.1, -0.05) is 6.92 Å². The van der Waals surface area contributed by atoms with E-state index >= 15 is 0 Å². The fraction of sp³-hybridized carbons (Fsp3) is 0.176. The number of carbonyl (C=O) groups excluding carboxylic acids is 1. The number of benzene rings is 2. The number of esters is 1. The van der Waals surface area contributed by atoms with Crippen LogP contribution in [-0.2, 0) is 4.79 Å². The Kier molecular flexibility index (Phi) is 3.55. The van der Waals surface area contributed by atoms with Gasteiger partial charge in [0.2, 0.25) is 0 Å². The molecular weight excluding hydrogens is 284 g/mol. The van der Waals surface area contributed by atoms with Crippen LogP contribution >= 0.6 is 0 Å². The molecule has 22 heavy (non-hydrogen) atoms. The van der Waals surface area contributed by atoms with E-state index in [1.165, 1.54) is 18.2 Å². The smallest absolute Gasteiger partial charge is 0.344 e. The lowest BCUT2D eigenvalue weighted by atomic mass is 10.1. The van der Waals surface area contributed by atoms with Gasteiger partial charge in [-0.2, -0.15) is 0 Å². The standard InChI is InChI=1S/C17H14O5/c1-2-3-16(19)21-11-5-7-13-12-6-4-10(18)8-14(12)17(20)22-15(13)9-11/h4-9,18H,2-3H2,1H3. The number of aromatic hydroxyl groups is 1. The van der Waals surface area contributed by atoms with Gasteiger partial charge in [0.05, 0.1) is 5.39 Å². The fourth-order valence-electron chi connectivity index (χ4n) is 2.35. The lowest BCUT2D eigenvalue weighted by molar-refractivity contribution is -0.134. The predicted octanol–water partition coefficient (Wildman–Crippen LogP) is 3.36. The number of phenols is 1. The molecule has 0 saturated carbocycles. The van der Waals surface area contributed by atoms with Crippen LogP contribution in [-0.4, -0.2) is 11.1 Å². The van der Waals surface area contributed by atoms with Crippen molar-refractivity contribution in [3.8, 4) is 11.5 Å². The number of rotatable bonds is 3. The molecule has 0 aliphatic carbocycles. The van der Waals surface area contributed by atoms with Crippen LogP contribution in [0.3, 0.4) is 0 Å². The number of ether oxygens (including phenoxy) is 1. The zero-order valence-corrected chi connectivity index (χ0v) is 12.0. The van der Waals surface area contributed by atoms with E-state index in [0.29, 0.717) is 40.3 Å². The van der Waals surface area contributed by atoms with E-state index in [4.69, 9.17) is 9.15 Å². The lowest BCUT2D eigenvalue weighted by Gasteiger charge is -2.06. The third-order valence-corrected chi connectivity index (χ3v) is 3.35. The SMILES string of the molecule is CCCC(=O)Oc1ccc2c(c1)oc(=O)c1cc(O)ccc12. The predicted molar refractivity (Wildman–Crippen MR) is 82.2 cm³/mol. The first kappa shape index (κ1) is 14.1. The Hall–Kier alpha value is -2.82. The molecule has 5 heteroatoms. The summed E-state index contributed by atoms with van der Waals surface area (Å²) in [6.45, 7) is 1.89. The number of carbonyl (C=O) groups is 1. The molecule has 0 fully saturated rings. The van der Waals surface area contributed by atoms with Crippen LogP contribution in [0.25, 0.3) is 21.7 Å². The van der Waals surface area contributed by atoms with Crippen molar-refractivity contribution in [1.82, 2.24) is 0 Å². The Balaban J connectivity index is 2.14. The van der Waals surface area contributed by atoms with Gasteiger partial charge in [0.1, 0.15) is 17.1 Å². The van der Waals surface area contributed by atoms with Crippen LogP contribution in [0.5, 0.6) is 11.5 Å². The normalized spacial score (nSPS) is 11.0. The van der Waals surface area contributed by atoms with Crippen molar-refractivity contribution in [3.05, 3.63) is 46.8 Å². The van der Waals surface area contributed by atoms with Gasteiger partial charge in [-0.25, -0.2) is 4.79 Å². The fourth-order valence-corrected chi connectivity index (χ4v) is 2.35. The van der Waals surface area contributed by atoms with Gasteiger partial charge in [0.25, 0.3) is 0 Å². The van der Waals surface area contributed by atoms with Gasteiger partial charge in [0.15, 0.2) is 0 Å². The summed E-state index contributed by atoms with van der Waals surface area (Å²) in [5, 5.41) is 11.2. The Morgan fingerprint density at radius 3 is 2.68 bits per heavy atom. The molecule has 0 bridgehead atoms. The van der Waals surface area contributed by atoms with E-state index in [-0.39, 0.29) is 11.7 Å². The van der Waals surface area contributed by atoms with Crippen molar-refractivity contribution in [2.24, 2.45) is 0 Å². The van der Waals surface area contributed by atoms with E-state index in [0.717, 1.165) is 0 Å². The molecule has 1 aromatic heterocycles. The highest BCUT2D eigenvalue weighted by Crippen LogP contribution is 2.28. The molecule has 0 atom stereocenters. The number of hydrogen-bond acceptors (Lipinski definition) is 5. The van der Waals surface area contributed by atoms with Gasteiger partial charge in [-0.05, 0) is 36.8 Å². The van der Waals surface area contributed by atoms with Crippen molar-refractivity contribution in [2.45, 2.75) is 19.8 Å². The maximum absolute atomic E-state index is 12.0. The van der Waals surface area contributed by atoms with E-state index in [9.17, 15) is 14.7 Å². The molecule has 0 aliphatic rings. The van der Waals surface area contributed by atoms with Crippen LogP contribution in [0, 0.1) is 0 Å². The van der Waals surface area contributed by atoms with Gasteiger partial charge in [-0.3, -0.25) is 4.79 Å². The molecule has 3 rings (SSSR count). The average molecular weight is 298 g/mol. The third kappa shape index (κ3) is 2.53. The van der Waals surface area contributed by atoms with Crippen molar-refractivity contribution in [1.29, 1.82) is 0 Å². The summed E-state index contributed by atoms with van der Waals surface area (Å²) in [7, 11) is 0. The van der Waals surface area contributed by atoms with Crippen molar-refractivity contribution >= 4 is 27.7 Å². The molecule has 1 N–H and O–H groups in total. The van der Waals surface area contributed by atoms with Crippen LogP contribution in [0.15, 0.2) is 45.6 Å². The summed E-state index contributed by atoms with van der Waals surface area (Å²) >= 11 is 0. The summed E-state index contributed by atoms with van der Waals surface area (Å²) < 4.78 is 10.4. The van der Waals surface area contributed by atoms with E-state index < -0.39 is 5.63 Å². The molecule has 0 saturated heterocycles. The van der Waals surface area contributed by atoms with E-state index in [1.54, 1.807) is 18.2 Å². The molecule has 5 nitrogen and oxygen atoms in total. The molecule has 1 heterocycles. The zero-order chi connectivity index (χ0) is 15.7. The minimum atomic E-state index is -0.546. The molecule has 0 unspecified atom stereocenters. The second kappa shape index (κ2) is 5.52. The summed E-state index contributed by atoms with van der Waals surface area (Å²) in [4.78, 5) is 23.5. The first-order valence-electron chi connectivity index (χ1n) is 6.99. The van der Waals surface area contributed by atoms with Crippen LogP contribution in [0.2, 0.25) is 0 Å². The molecule has 2 aromatic carbocycles.